The van der Waals surface area contributed by atoms with Crippen LogP contribution in [0.1, 0.15) is 161 Å². The minimum Gasteiger partial charge on any atom is -0.455 e. The molecule has 6 rings (SSSR count). The summed E-state index contributed by atoms with van der Waals surface area (Å²) in [5, 5.41) is 0. The standard InChI is InChI=1S/C50H62O4/c1-5-7-9-37-11-15-39(16-12-37)41-19-23-43(24-20-41)45-27-31-47(32-28-45)49(51)53-35(3)36(4)54-50(52)48-33-29-46(30-34-48)44-25-21-42(22-26-44)40-17-13-38(14-18-40)10-8-6-2/h19-40H,5-18H2,1-4H3. The lowest BCUT2D eigenvalue weighted by molar-refractivity contribution is -0.0239. The predicted molar refractivity (Wildman–Crippen MR) is 222 cm³/mol. The summed E-state index contributed by atoms with van der Waals surface area (Å²) in [5.41, 5.74) is 8.24. The number of ether oxygens (including phenoxy) is 2. The van der Waals surface area contributed by atoms with Crippen LogP contribution in [0.3, 0.4) is 0 Å². The third kappa shape index (κ3) is 10.5. The topological polar surface area (TPSA) is 52.6 Å². The Bertz CT molecular complexity index is 1610. The molecule has 2 aliphatic rings. The molecule has 0 saturated heterocycles. The SMILES string of the molecule is CCCCC1CCC(c2ccc(-c3ccc(C(=O)OC(C)C(C)OC(=O)c4ccc(-c5ccc(C6CCC(CCCC)CC6)cc5)cc4)cc3)cc2)CC1. The monoisotopic (exact) mass is 726 g/mol. The largest absolute Gasteiger partial charge is 0.455 e. The van der Waals surface area contributed by atoms with Gasteiger partial charge in [0, 0.05) is 0 Å². The number of benzene rings is 4. The first-order chi connectivity index (χ1) is 26.3. The second kappa shape index (κ2) is 19.4. The molecule has 0 spiro atoms. The molecule has 54 heavy (non-hydrogen) atoms. The summed E-state index contributed by atoms with van der Waals surface area (Å²) in [5.74, 6) is 2.30. The third-order valence-electron chi connectivity index (χ3n) is 12.5. The van der Waals surface area contributed by atoms with Crippen LogP contribution in [0.2, 0.25) is 0 Å². The van der Waals surface area contributed by atoms with Crippen LogP contribution >= 0.6 is 0 Å². The van der Waals surface area contributed by atoms with Crippen molar-refractivity contribution in [2.45, 2.75) is 142 Å². The highest BCUT2D eigenvalue weighted by molar-refractivity contribution is 5.91. The van der Waals surface area contributed by atoms with Gasteiger partial charge in [-0.15, -0.1) is 0 Å². The number of rotatable bonds is 15. The first kappa shape index (κ1) is 39.5. The molecule has 2 atom stereocenters. The maximum Gasteiger partial charge on any atom is 0.338 e. The Balaban J connectivity index is 0.948. The van der Waals surface area contributed by atoms with Crippen molar-refractivity contribution in [3.63, 3.8) is 0 Å². The summed E-state index contributed by atoms with van der Waals surface area (Å²) in [7, 11) is 0. The number of hydrogen-bond acceptors (Lipinski definition) is 4. The Kier molecular flexibility index (Phi) is 14.2. The van der Waals surface area contributed by atoms with E-state index in [1.165, 1.54) is 101 Å². The Hall–Kier alpha value is -4.18. The third-order valence-corrected chi connectivity index (χ3v) is 12.5. The van der Waals surface area contributed by atoms with Crippen LogP contribution in [0.5, 0.6) is 0 Å². The highest BCUT2D eigenvalue weighted by atomic mass is 16.6. The maximum absolute atomic E-state index is 13.0. The molecule has 4 nitrogen and oxygen atoms in total. The molecule has 0 aromatic heterocycles. The molecule has 0 heterocycles. The molecular weight excluding hydrogens is 665 g/mol. The van der Waals surface area contributed by atoms with Gasteiger partial charge in [-0.3, -0.25) is 0 Å². The van der Waals surface area contributed by atoms with Gasteiger partial charge in [-0.05, 0) is 147 Å². The van der Waals surface area contributed by atoms with Gasteiger partial charge in [0.2, 0.25) is 0 Å². The van der Waals surface area contributed by atoms with Crippen molar-refractivity contribution in [1.29, 1.82) is 0 Å². The van der Waals surface area contributed by atoms with Crippen molar-refractivity contribution < 1.29 is 19.1 Å². The van der Waals surface area contributed by atoms with Crippen LogP contribution in [-0.4, -0.2) is 24.1 Å². The molecule has 4 heteroatoms. The molecule has 0 radical (unpaired) electrons. The summed E-state index contributed by atoms with van der Waals surface area (Å²) in [6.45, 7) is 8.09. The number of carbonyl (C=O) groups excluding carboxylic acids is 2. The van der Waals surface area contributed by atoms with E-state index in [4.69, 9.17) is 9.47 Å². The van der Waals surface area contributed by atoms with E-state index in [2.05, 4.69) is 62.4 Å². The summed E-state index contributed by atoms with van der Waals surface area (Å²) >= 11 is 0. The second-order valence-corrected chi connectivity index (χ2v) is 16.3. The first-order valence-corrected chi connectivity index (χ1v) is 21.1. The van der Waals surface area contributed by atoms with Crippen LogP contribution in [0.4, 0.5) is 0 Å². The highest BCUT2D eigenvalue weighted by Gasteiger charge is 2.25. The van der Waals surface area contributed by atoms with Crippen molar-refractivity contribution in [3.05, 3.63) is 119 Å². The second-order valence-electron chi connectivity index (χ2n) is 16.3. The van der Waals surface area contributed by atoms with Gasteiger partial charge in [0.1, 0.15) is 12.2 Å². The number of hydrogen-bond donors (Lipinski definition) is 0. The predicted octanol–water partition coefficient (Wildman–Crippen LogP) is 13.7. The van der Waals surface area contributed by atoms with E-state index in [0.717, 1.165) is 34.1 Å². The molecule has 2 aliphatic carbocycles. The molecule has 0 aliphatic heterocycles. The molecular formula is C50H62O4. The van der Waals surface area contributed by atoms with E-state index in [9.17, 15) is 9.59 Å². The molecule has 4 aromatic carbocycles. The smallest absolute Gasteiger partial charge is 0.338 e. The van der Waals surface area contributed by atoms with Gasteiger partial charge in [0.05, 0.1) is 11.1 Å². The van der Waals surface area contributed by atoms with Crippen LogP contribution in [0.15, 0.2) is 97.1 Å². The Morgan fingerprint density at radius 2 is 0.778 bits per heavy atom. The maximum atomic E-state index is 13.0. The molecule has 4 aromatic rings. The van der Waals surface area contributed by atoms with Gasteiger partial charge in [-0.25, -0.2) is 9.59 Å². The molecule has 2 unspecified atom stereocenters. The molecule has 286 valence electrons. The van der Waals surface area contributed by atoms with E-state index in [0.29, 0.717) is 23.0 Å². The van der Waals surface area contributed by atoms with Crippen LogP contribution in [0.25, 0.3) is 22.3 Å². The van der Waals surface area contributed by atoms with Crippen molar-refractivity contribution in [2.24, 2.45) is 11.8 Å². The minimum atomic E-state index is -0.612. The lowest BCUT2D eigenvalue weighted by Gasteiger charge is -2.29. The van der Waals surface area contributed by atoms with Crippen molar-refractivity contribution in [2.75, 3.05) is 0 Å². The lowest BCUT2D eigenvalue weighted by atomic mass is 9.77. The lowest BCUT2D eigenvalue weighted by Crippen LogP contribution is -2.30. The average molecular weight is 727 g/mol. The van der Waals surface area contributed by atoms with Gasteiger partial charge < -0.3 is 9.47 Å². The van der Waals surface area contributed by atoms with Gasteiger partial charge in [-0.2, -0.15) is 0 Å². The van der Waals surface area contributed by atoms with Crippen LogP contribution in [0, 0.1) is 11.8 Å². The fourth-order valence-corrected chi connectivity index (χ4v) is 8.71. The van der Waals surface area contributed by atoms with Crippen LogP contribution in [-0.2, 0) is 9.47 Å². The fraction of sp³-hybridized carbons (Fsp3) is 0.480. The molecule has 0 N–H and O–H groups in total. The van der Waals surface area contributed by atoms with E-state index in [-0.39, 0.29) is 0 Å². The minimum absolute atomic E-state index is 0.433. The molecule has 2 saturated carbocycles. The summed E-state index contributed by atoms with van der Waals surface area (Å²) in [4.78, 5) is 26.1. The average Bonchev–Trinajstić information content (AvgIpc) is 3.22. The van der Waals surface area contributed by atoms with E-state index in [1.807, 2.05) is 24.3 Å². The zero-order chi connectivity index (χ0) is 37.9. The van der Waals surface area contributed by atoms with E-state index >= 15 is 0 Å². The summed E-state index contributed by atoms with van der Waals surface area (Å²) in [6.07, 6.45) is 17.5. The first-order valence-electron chi connectivity index (χ1n) is 21.1. The number of unbranched alkanes of at least 4 members (excludes halogenated alkanes) is 2. The zero-order valence-electron chi connectivity index (χ0n) is 33.2. The van der Waals surface area contributed by atoms with Gasteiger partial charge in [0.15, 0.2) is 0 Å². The molecule has 0 bridgehead atoms. The fourth-order valence-electron chi connectivity index (χ4n) is 8.71. The molecule has 0 amide bonds. The van der Waals surface area contributed by atoms with Crippen molar-refractivity contribution in [1.82, 2.24) is 0 Å². The van der Waals surface area contributed by atoms with E-state index < -0.39 is 24.1 Å². The quantitative estimate of drug-likeness (QED) is 0.114. The van der Waals surface area contributed by atoms with E-state index in [1.54, 1.807) is 38.1 Å². The summed E-state index contributed by atoms with van der Waals surface area (Å²) in [6, 6.07) is 33.0. The highest BCUT2D eigenvalue weighted by Crippen LogP contribution is 2.39. The van der Waals surface area contributed by atoms with Gasteiger partial charge in [0.25, 0.3) is 0 Å². The number of esters is 2. The summed E-state index contributed by atoms with van der Waals surface area (Å²) < 4.78 is 11.5. The number of carbonyl (C=O) groups is 2. The zero-order valence-corrected chi connectivity index (χ0v) is 33.2. The Morgan fingerprint density at radius 1 is 0.481 bits per heavy atom. The normalized spacial score (nSPS) is 21.2. The van der Waals surface area contributed by atoms with Crippen molar-refractivity contribution >= 4 is 11.9 Å². The van der Waals surface area contributed by atoms with Crippen molar-refractivity contribution in [3.8, 4) is 22.3 Å². The Morgan fingerprint density at radius 3 is 1.07 bits per heavy atom. The molecule has 2 fully saturated rings. The van der Waals surface area contributed by atoms with Gasteiger partial charge in [-0.1, -0.05) is 125 Å². The van der Waals surface area contributed by atoms with Gasteiger partial charge >= 0.3 is 11.9 Å². The Labute approximate surface area is 325 Å². The van der Waals surface area contributed by atoms with Crippen LogP contribution < -0.4 is 0 Å².